The molecule has 0 bridgehead atoms. The highest BCUT2D eigenvalue weighted by Gasteiger charge is 2.10. The number of fused-ring (bicyclic) bond motifs is 1. The van der Waals surface area contributed by atoms with Crippen molar-refractivity contribution in [1.29, 1.82) is 0 Å². The number of aryl methyl sites for hydroxylation is 3. The third kappa shape index (κ3) is 6.86. The second-order valence-electron chi connectivity index (χ2n) is 8.71. The van der Waals surface area contributed by atoms with Gasteiger partial charge in [0.1, 0.15) is 11.6 Å². The molecule has 3 aromatic carbocycles. The van der Waals surface area contributed by atoms with Crippen molar-refractivity contribution < 1.29 is 9.53 Å². The van der Waals surface area contributed by atoms with Gasteiger partial charge in [0.25, 0.3) is 5.91 Å². The van der Waals surface area contributed by atoms with Crippen LogP contribution < -0.4 is 10.1 Å². The van der Waals surface area contributed by atoms with Crippen LogP contribution in [0.5, 0.6) is 5.75 Å². The molecule has 0 spiro atoms. The molecule has 0 saturated carbocycles. The van der Waals surface area contributed by atoms with E-state index in [1.807, 2.05) is 61.5 Å². The highest BCUT2D eigenvalue weighted by atomic mass is 35.5. The lowest BCUT2D eigenvalue weighted by atomic mass is 10.1. The molecular formula is C29H32ClN3O2. The quantitative estimate of drug-likeness (QED) is 0.228. The van der Waals surface area contributed by atoms with Gasteiger partial charge in [0, 0.05) is 30.1 Å². The van der Waals surface area contributed by atoms with Crippen molar-refractivity contribution in [3.05, 3.63) is 94.8 Å². The molecule has 1 heterocycles. The maximum atomic E-state index is 12.1. The van der Waals surface area contributed by atoms with Crippen molar-refractivity contribution in [2.45, 2.75) is 45.6 Å². The largest absolute Gasteiger partial charge is 0.494 e. The molecule has 0 radical (unpaired) electrons. The summed E-state index contributed by atoms with van der Waals surface area (Å²) in [4.78, 5) is 17.0. The van der Waals surface area contributed by atoms with Crippen molar-refractivity contribution in [3.63, 3.8) is 0 Å². The number of carbonyl (C=O) groups excluding carboxylic acids is 1. The Morgan fingerprint density at radius 3 is 2.60 bits per heavy atom. The fraction of sp³-hybridized carbons (Fsp3) is 0.310. The van der Waals surface area contributed by atoms with Gasteiger partial charge >= 0.3 is 0 Å². The van der Waals surface area contributed by atoms with Gasteiger partial charge in [-0.25, -0.2) is 4.98 Å². The van der Waals surface area contributed by atoms with Gasteiger partial charge in [-0.1, -0.05) is 48.4 Å². The molecule has 4 aromatic rings. The van der Waals surface area contributed by atoms with Crippen molar-refractivity contribution in [1.82, 2.24) is 14.9 Å². The zero-order chi connectivity index (χ0) is 24.5. The van der Waals surface area contributed by atoms with Crippen molar-refractivity contribution >= 4 is 28.5 Å². The minimum absolute atomic E-state index is 0.0108. The SMILES string of the molecule is Cc1cc(OCCCn2c(CCCCCNC(=O)c3ccccc3)nc3ccccc32)ccc1Cl. The number of benzene rings is 3. The number of halogens is 1. The summed E-state index contributed by atoms with van der Waals surface area (Å²) in [6, 6.07) is 23.4. The molecule has 0 aliphatic carbocycles. The number of para-hydroxylation sites is 2. The number of hydrogen-bond donors (Lipinski definition) is 1. The second-order valence-corrected chi connectivity index (χ2v) is 9.12. The molecule has 0 aliphatic rings. The second kappa shape index (κ2) is 12.4. The van der Waals surface area contributed by atoms with Gasteiger partial charge in [-0.05, 0) is 74.2 Å². The maximum absolute atomic E-state index is 12.1. The number of nitrogens with one attached hydrogen (secondary N) is 1. The molecule has 4 rings (SSSR count). The van der Waals surface area contributed by atoms with E-state index in [0.717, 1.165) is 66.3 Å². The predicted molar refractivity (Wildman–Crippen MR) is 142 cm³/mol. The average molecular weight is 490 g/mol. The monoisotopic (exact) mass is 489 g/mol. The van der Waals surface area contributed by atoms with E-state index in [-0.39, 0.29) is 5.91 Å². The fourth-order valence-electron chi connectivity index (χ4n) is 4.16. The van der Waals surface area contributed by atoms with Crippen molar-refractivity contribution in [3.8, 4) is 5.75 Å². The molecule has 1 N–H and O–H groups in total. The third-order valence-corrected chi connectivity index (χ3v) is 6.48. The Bertz CT molecular complexity index is 1250. The number of unbranched alkanes of at least 4 members (excludes halogenated alkanes) is 2. The lowest BCUT2D eigenvalue weighted by Gasteiger charge is -2.11. The Morgan fingerprint density at radius 2 is 1.77 bits per heavy atom. The first kappa shape index (κ1) is 24.8. The Balaban J connectivity index is 1.25. The normalized spacial score (nSPS) is 11.0. The van der Waals surface area contributed by atoms with Crippen LogP contribution in [0.25, 0.3) is 11.0 Å². The molecular weight excluding hydrogens is 458 g/mol. The van der Waals surface area contributed by atoms with Gasteiger partial charge in [-0.15, -0.1) is 0 Å². The van der Waals surface area contributed by atoms with E-state index < -0.39 is 0 Å². The molecule has 35 heavy (non-hydrogen) atoms. The molecule has 1 amide bonds. The molecule has 0 fully saturated rings. The topological polar surface area (TPSA) is 56.1 Å². The van der Waals surface area contributed by atoms with Gasteiger partial charge in [0.15, 0.2) is 0 Å². The van der Waals surface area contributed by atoms with E-state index in [0.29, 0.717) is 18.7 Å². The number of carbonyl (C=O) groups is 1. The number of rotatable bonds is 12. The molecule has 182 valence electrons. The minimum atomic E-state index is -0.0108. The third-order valence-electron chi connectivity index (χ3n) is 6.06. The number of imidazole rings is 1. The summed E-state index contributed by atoms with van der Waals surface area (Å²) in [6.07, 6.45) is 4.83. The first-order valence-corrected chi connectivity index (χ1v) is 12.7. The zero-order valence-corrected chi connectivity index (χ0v) is 20.9. The van der Waals surface area contributed by atoms with Gasteiger partial charge in [0.05, 0.1) is 17.6 Å². The maximum Gasteiger partial charge on any atom is 0.251 e. The van der Waals surface area contributed by atoms with E-state index in [4.69, 9.17) is 21.3 Å². The number of aromatic nitrogens is 2. The number of amides is 1. The molecule has 1 aromatic heterocycles. The van der Waals surface area contributed by atoms with E-state index >= 15 is 0 Å². The van der Waals surface area contributed by atoms with E-state index in [9.17, 15) is 4.79 Å². The van der Waals surface area contributed by atoms with Crippen LogP contribution >= 0.6 is 11.6 Å². The average Bonchev–Trinajstić information content (AvgIpc) is 3.23. The Morgan fingerprint density at radius 1 is 0.971 bits per heavy atom. The van der Waals surface area contributed by atoms with Gasteiger partial charge < -0.3 is 14.6 Å². The van der Waals surface area contributed by atoms with Crippen LogP contribution in [0.15, 0.2) is 72.8 Å². The predicted octanol–water partition coefficient (Wildman–Crippen LogP) is 6.61. The van der Waals surface area contributed by atoms with E-state index in [2.05, 4.69) is 28.1 Å². The smallest absolute Gasteiger partial charge is 0.251 e. The standard InChI is InChI=1S/C29H32ClN3O2/c1-22-21-24(16-17-25(22)30)35-20-10-19-33-27-14-8-7-13-26(27)32-28(33)15-6-3-9-18-31-29(34)23-11-4-2-5-12-23/h2,4-5,7-8,11-14,16-17,21H,3,6,9-10,15,18-20H2,1H3,(H,31,34). The molecule has 0 atom stereocenters. The van der Waals surface area contributed by atoms with Crippen LogP contribution in [0.2, 0.25) is 5.02 Å². The van der Waals surface area contributed by atoms with Crippen LogP contribution in [-0.2, 0) is 13.0 Å². The van der Waals surface area contributed by atoms with E-state index in [1.165, 1.54) is 5.52 Å². The van der Waals surface area contributed by atoms with Gasteiger partial charge in [0.2, 0.25) is 0 Å². The first-order valence-electron chi connectivity index (χ1n) is 12.3. The molecule has 0 unspecified atom stereocenters. The number of nitrogens with zero attached hydrogens (tertiary/aromatic N) is 2. The molecule has 0 saturated heterocycles. The zero-order valence-electron chi connectivity index (χ0n) is 20.2. The summed E-state index contributed by atoms with van der Waals surface area (Å²) in [5.74, 6) is 1.95. The van der Waals surface area contributed by atoms with Crippen LogP contribution in [0.4, 0.5) is 0 Å². The summed E-state index contributed by atoms with van der Waals surface area (Å²) in [7, 11) is 0. The summed E-state index contributed by atoms with van der Waals surface area (Å²) >= 11 is 6.11. The van der Waals surface area contributed by atoms with Gasteiger partial charge in [-0.2, -0.15) is 0 Å². The summed E-state index contributed by atoms with van der Waals surface area (Å²) in [5.41, 5.74) is 3.93. The Kier molecular flexibility index (Phi) is 8.79. The summed E-state index contributed by atoms with van der Waals surface area (Å²) in [5, 5.41) is 3.76. The van der Waals surface area contributed by atoms with Gasteiger partial charge in [-0.3, -0.25) is 4.79 Å². The Labute approximate surface area is 212 Å². The van der Waals surface area contributed by atoms with E-state index in [1.54, 1.807) is 0 Å². The highest BCUT2D eigenvalue weighted by Crippen LogP contribution is 2.22. The van der Waals surface area contributed by atoms with Crippen LogP contribution in [0.3, 0.4) is 0 Å². The minimum Gasteiger partial charge on any atom is -0.494 e. The Hall–Kier alpha value is -3.31. The fourth-order valence-corrected chi connectivity index (χ4v) is 4.28. The van der Waals surface area contributed by atoms with Crippen LogP contribution in [-0.4, -0.2) is 28.6 Å². The first-order chi connectivity index (χ1) is 17.1. The molecule has 5 nitrogen and oxygen atoms in total. The van der Waals surface area contributed by atoms with Crippen LogP contribution in [0, 0.1) is 6.92 Å². The number of hydrogen-bond acceptors (Lipinski definition) is 3. The summed E-state index contributed by atoms with van der Waals surface area (Å²) < 4.78 is 8.26. The molecule has 0 aliphatic heterocycles. The lowest BCUT2D eigenvalue weighted by molar-refractivity contribution is 0.0953. The lowest BCUT2D eigenvalue weighted by Crippen LogP contribution is -2.24. The molecule has 6 heteroatoms. The summed E-state index contributed by atoms with van der Waals surface area (Å²) in [6.45, 7) is 4.16. The van der Waals surface area contributed by atoms with Crippen molar-refractivity contribution in [2.24, 2.45) is 0 Å². The van der Waals surface area contributed by atoms with Crippen molar-refractivity contribution in [2.75, 3.05) is 13.2 Å². The number of ether oxygens (including phenoxy) is 1. The van der Waals surface area contributed by atoms with Crippen LogP contribution in [0.1, 0.15) is 47.4 Å². The highest BCUT2D eigenvalue weighted by molar-refractivity contribution is 6.31.